The highest BCUT2D eigenvalue weighted by atomic mass is 79.9. The van der Waals surface area contributed by atoms with Gasteiger partial charge in [0.1, 0.15) is 10.9 Å². The number of hydrogen-bond donors (Lipinski definition) is 0. The molecule has 2 rings (SSSR count). The number of aryl methyl sites for hydroxylation is 1. The van der Waals surface area contributed by atoms with Crippen molar-refractivity contribution in [1.82, 2.24) is 15.0 Å². The molecule has 2 heterocycles. The van der Waals surface area contributed by atoms with Crippen LogP contribution in [0.3, 0.4) is 0 Å². The Bertz CT molecular complexity index is 461. The molecule has 5 heteroatoms. The van der Waals surface area contributed by atoms with Gasteiger partial charge in [0.2, 0.25) is 0 Å². The van der Waals surface area contributed by atoms with Crippen LogP contribution in [0.15, 0.2) is 45.1 Å². The first-order valence-corrected chi connectivity index (χ1v) is 5.93. The molecule has 0 amide bonds. The van der Waals surface area contributed by atoms with E-state index in [4.69, 9.17) is 0 Å². The van der Waals surface area contributed by atoms with Gasteiger partial charge in [-0.15, -0.1) is 0 Å². The summed E-state index contributed by atoms with van der Waals surface area (Å²) in [5.74, 6) is 0.773. The maximum Gasteiger partial charge on any atom is 0.126 e. The molecule has 0 bridgehead atoms. The van der Waals surface area contributed by atoms with Crippen molar-refractivity contribution < 1.29 is 0 Å². The molecule has 0 saturated heterocycles. The third kappa shape index (κ3) is 2.76. The van der Waals surface area contributed by atoms with Gasteiger partial charge in [0, 0.05) is 23.5 Å². The zero-order chi connectivity index (χ0) is 10.7. The Morgan fingerprint density at radius 2 is 2.00 bits per heavy atom. The second-order valence-electron chi connectivity index (χ2n) is 2.86. The summed E-state index contributed by atoms with van der Waals surface area (Å²) in [5.41, 5.74) is 0. The van der Waals surface area contributed by atoms with E-state index in [-0.39, 0.29) is 0 Å². The molecule has 2 aromatic heterocycles. The van der Waals surface area contributed by atoms with Crippen molar-refractivity contribution >= 4 is 27.7 Å². The molecule has 3 nitrogen and oxygen atoms in total. The molecule has 0 aliphatic rings. The molecule has 76 valence electrons. The summed E-state index contributed by atoms with van der Waals surface area (Å²) in [6.45, 7) is 1.88. The summed E-state index contributed by atoms with van der Waals surface area (Å²) in [7, 11) is 0. The summed E-state index contributed by atoms with van der Waals surface area (Å²) in [4.78, 5) is 13.5. The van der Waals surface area contributed by atoms with Gasteiger partial charge >= 0.3 is 0 Å². The molecule has 0 unspecified atom stereocenters. The van der Waals surface area contributed by atoms with Gasteiger partial charge in [-0.25, -0.2) is 9.97 Å². The van der Waals surface area contributed by atoms with Crippen molar-refractivity contribution in [3.8, 4) is 0 Å². The lowest BCUT2D eigenvalue weighted by atomic mass is 10.5. The van der Waals surface area contributed by atoms with Crippen molar-refractivity contribution in [3.05, 3.63) is 41.0 Å². The van der Waals surface area contributed by atoms with Crippen LogP contribution in [0.4, 0.5) is 0 Å². The second-order valence-corrected chi connectivity index (χ2v) is 4.77. The van der Waals surface area contributed by atoms with Gasteiger partial charge in [0.05, 0.1) is 4.47 Å². The van der Waals surface area contributed by atoms with Crippen LogP contribution in [0, 0.1) is 6.92 Å². The Kier molecular flexibility index (Phi) is 3.33. The average molecular weight is 282 g/mol. The van der Waals surface area contributed by atoms with Crippen LogP contribution in [0.5, 0.6) is 0 Å². The summed E-state index contributed by atoms with van der Waals surface area (Å²) in [5, 5.41) is 0.925. The highest BCUT2D eigenvalue weighted by Crippen LogP contribution is 2.30. The molecular formula is C10H8BrN3S. The van der Waals surface area contributed by atoms with Crippen LogP contribution in [-0.2, 0) is 0 Å². The molecule has 0 atom stereocenters. The molecule has 0 aromatic carbocycles. The predicted molar refractivity (Wildman–Crippen MR) is 62.8 cm³/mol. The SMILES string of the molecule is Cc1ncc(Br)c(Sc2ccncc2)n1. The Morgan fingerprint density at radius 3 is 2.73 bits per heavy atom. The first kappa shape index (κ1) is 10.6. The summed E-state index contributed by atoms with van der Waals surface area (Å²) in [6, 6.07) is 3.91. The number of hydrogen-bond acceptors (Lipinski definition) is 4. The summed E-state index contributed by atoms with van der Waals surface area (Å²) in [6.07, 6.45) is 5.31. The lowest BCUT2D eigenvalue weighted by Crippen LogP contribution is -1.90. The van der Waals surface area contributed by atoms with Crippen LogP contribution >= 0.6 is 27.7 Å². The standard InChI is InChI=1S/C10H8BrN3S/c1-7-13-6-9(11)10(14-7)15-8-2-4-12-5-3-8/h2-6H,1H3. The minimum atomic E-state index is 0.773. The van der Waals surface area contributed by atoms with Crippen molar-refractivity contribution in [2.24, 2.45) is 0 Å². The fourth-order valence-corrected chi connectivity index (χ4v) is 2.27. The van der Waals surface area contributed by atoms with Gasteiger partial charge in [0.25, 0.3) is 0 Å². The highest BCUT2D eigenvalue weighted by Gasteiger charge is 2.04. The number of rotatable bonds is 2. The van der Waals surface area contributed by atoms with Gasteiger partial charge in [-0.3, -0.25) is 4.98 Å². The quantitative estimate of drug-likeness (QED) is 0.793. The zero-order valence-electron chi connectivity index (χ0n) is 8.01. The van der Waals surface area contributed by atoms with Crippen LogP contribution < -0.4 is 0 Å². The minimum Gasteiger partial charge on any atom is -0.265 e. The Hall–Kier alpha value is -0.940. The van der Waals surface area contributed by atoms with E-state index in [1.807, 2.05) is 19.1 Å². The third-order valence-electron chi connectivity index (χ3n) is 1.70. The van der Waals surface area contributed by atoms with E-state index in [0.29, 0.717) is 0 Å². The lowest BCUT2D eigenvalue weighted by molar-refractivity contribution is 0.951. The van der Waals surface area contributed by atoms with Gasteiger partial charge < -0.3 is 0 Å². The topological polar surface area (TPSA) is 38.7 Å². The maximum atomic E-state index is 4.35. The van der Waals surface area contributed by atoms with Crippen LogP contribution in [0.1, 0.15) is 5.82 Å². The van der Waals surface area contributed by atoms with Crippen molar-refractivity contribution in [1.29, 1.82) is 0 Å². The number of nitrogens with zero attached hydrogens (tertiary/aromatic N) is 3. The molecule has 0 aliphatic carbocycles. The third-order valence-corrected chi connectivity index (χ3v) is 3.55. The van der Waals surface area contributed by atoms with Crippen LogP contribution in [0.2, 0.25) is 0 Å². The molecule has 0 radical (unpaired) electrons. The highest BCUT2D eigenvalue weighted by molar-refractivity contribution is 9.10. The molecular weight excluding hydrogens is 274 g/mol. The van der Waals surface area contributed by atoms with Crippen molar-refractivity contribution in [3.63, 3.8) is 0 Å². The second kappa shape index (κ2) is 4.72. The molecule has 0 fully saturated rings. The molecule has 15 heavy (non-hydrogen) atoms. The Labute approximate surface area is 101 Å². The lowest BCUT2D eigenvalue weighted by Gasteiger charge is -2.03. The van der Waals surface area contributed by atoms with E-state index >= 15 is 0 Å². The molecule has 2 aromatic rings. The van der Waals surface area contributed by atoms with E-state index in [0.717, 1.165) is 20.2 Å². The Balaban J connectivity index is 2.28. The molecule has 0 spiro atoms. The van der Waals surface area contributed by atoms with Crippen molar-refractivity contribution in [2.75, 3.05) is 0 Å². The number of aromatic nitrogens is 3. The van der Waals surface area contributed by atoms with E-state index in [9.17, 15) is 0 Å². The summed E-state index contributed by atoms with van der Waals surface area (Å²) < 4.78 is 0.912. The minimum absolute atomic E-state index is 0.773. The van der Waals surface area contributed by atoms with Gasteiger partial charge in [-0.2, -0.15) is 0 Å². The summed E-state index contributed by atoms with van der Waals surface area (Å²) >= 11 is 5.02. The van der Waals surface area contributed by atoms with Crippen molar-refractivity contribution in [2.45, 2.75) is 16.8 Å². The van der Waals surface area contributed by atoms with E-state index in [2.05, 4.69) is 30.9 Å². The molecule has 0 aliphatic heterocycles. The van der Waals surface area contributed by atoms with Crippen LogP contribution in [-0.4, -0.2) is 15.0 Å². The fraction of sp³-hybridized carbons (Fsp3) is 0.100. The first-order valence-electron chi connectivity index (χ1n) is 4.33. The maximum absolute atomic E-state index is 4.35. The smallest absolute Gasteiger partial charge is 0.126 e. The largest absolute Gasteiger partial charge is 0.265 e. The average Bonchev–Trinajstić information content (AvgIpc) is 2.25. The van der Waals surface area contributed by atoms with Crippen LogP contribution in [0.25, 0.3) is 0 Å². The van der Waals surface area contributed by atoms with Gasteiger partial charge in [0.15, 0.2) is 0 Å². The fourth-order valence-electron chi connectivity index (χ4n) is 1.02. The monoisotopic (exact) mass is 281 g/mol. The number of halogens is 1. The molecule has 0 N–H and O–H groups in total. The van der Waals surface area contributed by atoms with E-state index < -0.39 is 0 Å². The Morgan fingerprint density at radius 1 is 1.27 bits per heavy atom. The van der Waals surface area contributed by atoms with E-state index in [1.54, 1.807) is 30.4 Å². The van der Waals surface area contributed by atoms with E-state index in [1.165, 1.54) is 0 Å². The predicted octanol–water partition coefficient (Wildman–Crippen LogP) is 3.09. The van der Waals surface area contributed by atoms with Gasteiger partial charge in [-0.05, 0) is 35.0 Å². The molecule has 0 saturated carbocycles. The van der Waals surface area contributed by atoms with Gasteiger partial charge in [-0.1, -0.05) is 11.8 Å². The zero-order valence-corrected chi connectivity index (χ0v) is 10.4. The first-order chi connectivity index (χ1) is 7.25. The number of pyridine rings is 1. The normalized spacial score (nSPS) is 10.3.